The molecule has 122 valence electrons. The standard InChI is InChI=1S/C18H14O6/c19-15(11-1-5-13(6-2-11)17(21)22)9-10-16(20)12-3-7-14(8-4-12)18(23)24/h1-8H,9-10H2,(H,21,22)(H,23,24). The van der Waals surface area contributed by atoms with Gasteiger partial charge in [-0.25, -0.2) is 9.59 Å². The predicted octanol–water partition coefficient (Wildman–Crippen LogP) is 2.93. The fourth-order valence-electron chi connectivity index (χ4n) is 2.11. The highest BCUT2D eigenvalue weighted by molar-refractivity contribution is 6.03. The van der Waals surface area contributed by atoms with E-state index in [2.05, 4.69) is 0 Å². The minimum atomic E-state index is -1.08. The number of Topliss-reactive ketones (excluding diaryl/α,β-unsaturated/α-hetero) is 2. The number of rotatable bonds is 7. The summed E-state index contributed by atoms with van der Waals surface area (Å²) in [6, 6.07) is 11.0. The van der Waals surface area contributed by atoms with Gasteiger partial charge in [-0.2, -0.15) is 0 Å². The van der Waals surface area contributed by atoms with Crippen LogP contribution in [0.5, 0.6) is 0 Å². The summed E-state index contributed by atoms with van der Waals surface area (Å²) in [5, 5.41) is 17.6. The molecule has 0 aromatic heterocycles. The Morgan fingerprint density at radius 2 is 0.792 bits per heavy atom. The molecule has 0 atom stereocenters. The first-order valence-corrected chi connectivity index (χ1v) is 7.11. The fraction of sp³-hybridized carbons (Fsp3) is 0.111. The molecule has 0 spiro atoms. The summed E-state index contributed by atoms with van der Waals surface area (Å²) in [7, 11) is 0. The number of ketones is 2. The summed E-state index contributed by atoms with van der Waals surface area (Å²) in [5.41, 5.74) is 0.852. The second-order valence-corrected chi connectivity index (χ2v) is 5.11. The highest BCUT2D eigenvalue weighted by Crippen LogP contribution is 2.12. The molecule has 2 aromatic rings. The van der Waals surface area contributed by atoms with E-state index in [9.17, 15) is 19.2 Å². The Labute approximate surface area is 137 Å². The molecule has 0 amide bonds. The number of carbonyl (C=O) groups is 4. The van der Waals surface area contributed by atoms with E-state index in [-0.39, 0.29) is 35.5 Å². The highest BCUT2D eigenvalue weighted by Gasteiger charge is 2.12. The SMILES string of the molecule is O=C(O)c1ccc(C(=O)CCC(=O)c2ccc(C(=O)O)cc2)cc1. The number of benzene rings is 2. The Morgan fingerprint density at radius 1 is 0.542 bits per heavy atom. The average molecular weight is 326 g/mol. The van der Waals surface area contributed by atoms with Crippen LogP contribution in [0.3, 0.4) is 0 Å². The van der Waals surface area contributed by atoms with Gasteiger partial charge in [0.2, 0.25) is 0 Å². The Kier molecular flexibility index (Phi) is 5.21. The second kappa shape index (κ2) is 7.32. The third-order valence-electron chi connectivity index (χ3n) is 3.49. The van der Waals surface area contributed by atoms with Gasteiger partial charge in [0, 0.05) is 24.0 Å². The molecule has 0 heterocycles. The molecule has 2 aromatic carbocycles. The number of hydrogen-bond donors (Lipinski definition) is 2. The zero-order valence-electron chi connectivity index (χ0n) is 12.6. The summed E-state index contributed by atoms with van der Waals surface area (Å²) >= 11 is 0. The van der Waals surface area contributed by atoms with Crippen LogP contribution in [0.25, 0.3) is 0 Å². The molecule has 0 unspecified atom stereocenters. The largest absolute Gasteiger partial charge is 0.478 e. The van der Waals surface area contributed by atoms with Crippen molar-refractivity contribution in [1.82, 2.24) is 0 Å². The van der Waals surface area contributed by atoms with Crippen molar-refractivity contribution in [3.8, 4) is 0 Å². The van der Waals surface area contributed by atoms with E-state index in [1.807, 2.05) is 0 Å². The van der Waals surface area contributed by atoms with E-state index in [0.29, 0.717) is 11.1 Å². The molecule has 0 saturated carbocycles. The van der Waals surface area contributed by atoms with Gasteiger partial charge in [0.15, 0.2) is 11.6 Å². The molecule has 0 bridgehead atoms. The van der Waals surface area contributed by atoms with Gasteiger partial charge in [-0.05, 0) is 24.3 Å². The zero-order chi connectivity index (χ0) is 17.7. The average Bonchev–Trinajstić information content (AvgIpc) is 2.59. The van der Waals surface area contributed by atoms with Crippen LogP contribution in [0.2, 0.25) is 0 Å². The lowest BCUT2D eigenvalue weighted by Crippen LogP contribution is -2.06. The van der Waals surface area contributed by atoms with Crippen molar-refractivity contribution in [1.29, 1.82) is 0 Å². The zero-order valence-corrected chi connectivity index (χ0v) is 12.6. The van der Waals surface area contributed by atoms with Crippen LogP contribution < -0.4 is 0 Å². The summed E-state index contributed by atoms with van der Waals surface area (Å²) in [6.07, 6.45) is -0.0160. The van der Waals surface area contributed by atoms with Gasteiger partial charge in [-0.15, -0.1) is 0 Å². The third kappa shape index (κ3) is 4.13. The van der Waals surface area contributed by atoms with E-state index in [0.717, 1.165) is 0 Å². The first-order valence-electron chi connectivity index (χ1n) is 7.11. The van der Waals surface area contributed by atoms with Gasteiger partial charge in [0.1, 0.15) is 0 Å². The van der Waals surface area contributed by atoms with Crippen LogP contribution in [0.1, 0.15) is 54.3 Å². The van der Waals surface area contributed by atoms with Crippen LogP contribution in [-0.4, -0.2) is 33.7 Å². The first kappa shape index (κ1) is 17.1. The van der Waals surface area contributed by atoms with E-state index < -0.39 is 11.9 Å². The van der Waals surface area contributed by atoms with E-state index in [4.69, 9.17) is 10.2 Å². The molecule has 2 N–H and O–H groups in total. The summed E-state index contributed by atoms with van der Waals surface area (Å²) < 4.78 is 0. The summed E-state index contributed by atoms with van der Waals surface area (Å²) in [6.45, 7) is 0. The van der Waals surface area contributed by atoms with Gasteiger partial charge < -0.3 is 10.2 Å². The molecular formula is C18H14O6. The van der Waals surface area contributed by atoms with E-state index >= 15 is 0 Å². The number of carboxylic acid groups (broad SMARTS) is 2. The highest BCUT2D eigenvalue weighted by atomic mass is 16.4. The maximum atomic E-state index is 12.0. The molecule has 0 aliphatic heterocycles. The number of aromatic carboxylic acids is 2. The number of carboxylic acids is 2. The lowest BCUT2D eigenvalue weighted by atomic mass is 10.00. The molecule has 0 saturated heterocycles. The van der Waals surface area contributed by atoms with Crippen molar-refractivity contribution in [2.24, 2.45) is 0 Å². The molecular weight excluding hydrogens is 312 g/mol. The molecule has 0 aliphatic rings. The van der Waals surface area contributed by atoms with Crippen molar-refractivity contribution < 1.29 is 29.4 Å². The van der Waals surface area contributed by atoms with Gasteiger partial charge in [0.05, 0.1) is 11.1 Å². The quantitative estimate of drug-likeness (QED) is 0.757. The lowest BCUT2D eigenvalue weighted by Gasteiger charge is -2.03. The van der Waals surface area contributed by atoms with Crippen molar-refractivity contribution >= 4 is 23.5 Å². The van der Waals surface area contributed by atoms with Crippen LogP contribution in [0, 0.1) is 0 Å². The minimum absolute atomic E-state index is 0.00800. The molecule has 2 rings (SSSR count). The molecule has 6 heteroatoms. The monoisotopic (exact) mass is 326 g/mol. The smallest absolute Gasteiger partial charge is 0.335 e. The van der Waals surface area contributed by atoms with Crippen LogP contribution in [0.4, 0.5) is 0 Å². The number of hydrogen-bond acceptors (Lipinski definition) is 4. The van der Waals surface area contributed by atoms with Gasteiger partial charge in [0.25, 0.3) is 0 Å². The van der Waals surface area contributed by atoms with Crippen molar-refractivity contribution in [3.05, 3.63) is 70.8 Å². The maximum Gasteiger partial charge on any atom is 0.335 e. The summed E-state index contributed by atoms with van der Waals surface area (Å²) in [4.78, 5) is 45.6. The Bertz CT molecular complexity index is 718. The van der Waals surface area contributed by atoms with E-state index in [1.165, 1.54) is 48.5 Å². The normalized spacial score (nSPS) is 10.2. The van der Waals surface area contributed by atoms with Crippen molar-refractivity contribution in [2.75, 3.05) is 0 Å². The van der Waals surface area contributed by atoms with Crippen LogP contribution in [-0.2, 0) is 0 Å². The van der Waals surface area contributed by atoms with Crippen molar-refractivity contribution in [3.63, 3.8) is 0 Å². The molecule has 6 nitrogen and oxygen atoms in total. The third-order valence-corrected chi connectivity index (χ3v) is 3.49. The maximum absolute atomic E-state index is 12.0. The summed E-state index contributed by atoms with van der Waals surface area (Å²) in [5.74, 6) is -2.67. The second-order valence-electron chi connectivity index (χ2n) is 5.11. The van der Waals surface area contributed by atoms with Crippen molar-refractivity contribution in [2.45, 2.75) is 12.8 Å². The molecule has 24 heavy (non-hydrogen) atoms. The minimum Gasteiger partial charge on any atom is -0.478 e. The molecule has 0 aliphatic carbocycles. The molecule has 0 radical (unpaired) electrons. The Balaban J connectivity index is 1.96. The Hall–Kier alpha value is -3.28. The van der Waals surface area contributed by atoms with E-state index in [1.54, 1.807) is 0 Å². The van der Waals surface area contributed by atoms with Gasteiger partial charge >= 0.3 is 11.9 Å². The predicted molar refractivity (Wildman–Crippen MR) is 84.7 cm³/mol. The Morgan fingerprint density at radius 3 is 1.04 bits per heavy atom. The lowest BCUT2D eigenvalue weighted by molar-refractivity contribution is 0.0686. The van der Waals surface area contributed by atoms with Gasteiger partial charge in [-0.1, -0.05) is 24.3 Å². The van der Waals surface area contributed by atoms with Gasteiger partial charge in [-0.3, -0.25) is 9.59 Å². The molecule has 0 fully saturated rings. The fourth-order valence-corrected chi connectivity index (χ4v) is 2.11. The van der Waals surface area contributed by atoms with Crippen LogP contribution in [0.15, 0.2) is 48.5 Å². The topological polar surface area (TPSA) is 109 Å². The first-order chi connectivity index (χ1) is 11.4. The number of carbonyl (C=O) groups excluding carboxylic acids is 2. The van der Waals surface area contributed by atoms with Crippen LogP contribution >= 0.6 is 0 Å².